The van der Waals surface area contributed by atoms with Gasteiger partial charge in [-0.25, -0.2) is 0 Å². The van der Waals surface area contributed by atoms with E-state index in [9.17, 15) is 8.42 Å². The minimum Gasteiger partial charge on any atom is -0.330 e. The molecule has 18 heavy (non-hydrogen) atoms. The summed E-state index contributed by atoms with van der Waals surface area (Å²) in [5.41, 5.74) is 5.46. The van der Waals surface area contributed by atoms with Crippen LogP contribution in [-0.2, 0) is 10.2 Å². The Morgan fingerprint density at radius 1 is 1.22 bits per heavy atom. The maximum absolute atomic E-state index is 12.3. The van der Waals surface area contributed by atoms with Gasteiger partial charge >= 0.3 is 0 Å². The van der Waals surface area contributed by atoms with Gasteiger partial charge in [0.15, 0.2) is 0 Å². The summed E-state index contributed by atoms with van der Waals surface area (Å²) < 4.78 is 27.6. The molecule has 0 spiro atoms. The number of nitrogens with two attached hydrogens (primary N) is 1. The molecule has 0 bridgehead atoms. The molecule has 1 aliphatic rings. The lowest BCUT2D eigenvalue weighted by molar-refractivity contribution is 0.262. The van der Waals surface area contributed by atoms with Crippen molar-refractivity contribution in [3.63, 3.8) is 0 Å². The molecule has 1 fully saturated rings. The van der Waals surface area contributed by atoms with Crippen LogP contribution in [0.5, 0.6) is 0 Å². The maximum atomic E-state index is 12.3. The Balaban J connectivity index is 0.00000289. The summed E-state index contributed by atoms with van der Waals surface area (Å²) in [6.07, 6.45) is 3.06. The van der Waals surface area contributed by atoms with Gasteiger partial charge in [-0.15, -0.1) is 12.4 Å². The topological polar surface area (TPSA) is 66.6 Å². The van der Waals surface area contributed by atoms with Crippen LogP contribution >= 0.6 is 12.4 Å². The number of piperidine rings is 1. The normalized spacial score (nSPS) is 18.7. The third-order valence-corrected chi connectivity index (χ3v) is 5.17. The van der Waals surface area contributed by atoms with E-state index in [1.165, 1.54) is 4.31 Å². The SMILES string of the molecule is CN(CC(C)(C)CN)S(=O)(=O)N1CCCCC1.Cl. The summed E-state index contributed by atoms with van der Waals surface area (Å²) in [4.78, 5) is 0. The largest absolute Gasteiger partial charge is 0.330 e. The molecule has 110 valence electrons. The van der Waals surface area contributed by atoms with Crippen molar-refractivity contribution in [1.82, 2.24) is 8.61 Å². The maximum Gasteiger partial charge on any atom is 0.281 e. The zero-order valence-electron chi connectivity index (χ0n) is 11.6. The number of nitrogens with zero attached hydrogens (tertiary/aromatic N) is 2. The average Bonchev–Trinajstić information content (AvgIpc) is 2.29. The molecule has 1 heterocycles. The smallest absolute Gasteiger partial charge is 0.281 e. The van der Waals surface area contributed by atoms with Gasteiger partial charge < -0.3 is 5.73 Å². The zero-order valence-corrected chi connectivity index (χ0v) is 13.2. The van der Waals surface area contributed by atoms with Gasteiger partial charge in [0.2, 0.25) is 0 Å². The quantitative estimate of drug-likeness (QED) is 0.825. The number of halogens is 1. The van der Waals surface area contributed by atoms with Crippen LogP contribution in [0.2, 0.25) is 0 Å². The molecule has 1 aliphatic heterocycles. The van der Waals surface area contributed by atoms with Gasteiger partial charge in [-0.1, -0.05) is 20.3 Å². The Morgan fingerprint density at radius 2 is 1.72 bits per heavy atom. The average molecular weight is 300 g/mol. The van der Waals surface area contributed by atoms with Gasteiger partial charge in [0.1, 0.15) is 0 Å². The second-order valence-electron chi connectivity index (χ2n) is 5.59. The van der Waals surface area contributed by atoms with Gasteiger partial charge in [-0.05, 0) is 24.8 Å². The second kappa shape index (κ2) is 7.05. The summed E-state index contributed by atoms with van der Waals surface area (Å²) in [5, 5.41) is 0. The minimum atomic E-state index is -3.29. The molecule has 1 rings (SSSR count). The summed E-state index contributed by atoms with van der Waals surface area (Å²) in [6.45, 7) is 6.20. The fraction of sp³-hybridized carbons (Fsp3) is 1.00. The van der Waals surface area contributed by atoms with E-state index in [1.54, 1.807) is 11.4 Å². The first kappa shape index (κ1) is 18.1. The molecular weight excluding hydrogens is 274 g/mol. The Kier molecular flexibility index (Phi) is 7.10. The molecule has 0 amide bonds. The third kappa shape index (κ3) is 4.66. The first-order valence-corrected chi connectivity index (χ1v) is 7.61. The molecule has 0 aromatic rings. The highest BCUT2D eigenvalue weighted by molar-refractivity contribution is 7.86. The fourth-order valence-electron chi connectivity index (χ4n) is 2.04. The molecule has 5 nitrogen and oxygen atoms in total. The molecule has 0 aromatic carbocycles. The van der Waals surface area contributed by atoms with Crippen LogP contribution < -0.4 is 5.73 Å². The van der Waals surface area contributed by atoms with Crippen LogP contribution in [0, 0.1) is 5.41 Å². The van der Waals surface area contributed by atoms with Crippen LogP contribution in [0.4, 0.5) is 0 Å². The van der Waals surface area contributed by atoms with Crippen molar-refractivity contribution in [2.45, 2.75) is 33.1 Å². The summed E-state index contributed by atoms with van der Waals surface area (Å²) in [6, 6.07) is 0. The summed E-state index contributed by atoms with van der Waals surface area (Å²) in [5.74, 6) is 0. The first-order chi connectivity index (χ1) is 7.79. The van der Waals surface area contributed by atoms with E-state index in [2.05, 4.69) is 0 Å². The highest BCUT2D eigenvalue weighted by atomic mass is 35.5. The van der Waals surface area contributed by atoms with Crippen LogP contribution in [0.25, 0.3) is 0 Å². The monoisotopic (exact) mass is 299 g/mol. The van der Waals surface area contributed by atoms with E-state index >= 15 is 0 Å². The standard InChI is InChI=1S/C11H25N3O2S.ClH/c1-11(2,9-12)10-13(3)17(15,16)14-7-5-4-6-8-14;/h4-10,12H2,1-3H3;1H. The predicted octanol–water partition coefficient (Wildman–Crippen LogP) is 1.06. The van der Waals surface area contributed by atoms with Gasteiger partial charge in [0.05, 0.1) is 0 Å². The van der Waals surface area contributed by atoms with E-state index in [0.717, 1.165) is 19.3 Å². The minimum absolute atomic E-state index is 0. The highest BCUT2D eigenvalue weighted by Gasteiger charge is 2.31. The van der Waals surface area contributed by atoms with Crippen LogP contribution in [-0.4, -0.2) is 50.3 Å². The van der Waals surface area contributed by atoms with Crippen LogP contribution in [0.15, 0.2) is 0 Å². The van der Waals surface area contributed by atoms with Gasteiger partial charge in [-0.2, -0.15) is 17.0 Å². The molecule has 0 radical (unpaired) electrons. The van der Waals surface area contributed by atoms with E-state index in [1.807, 2.05) is 13.8 Å². The molecule has 2 N–H and O–H groups in total. The zero-order chi connectivity index (χ0) is 13.1. The Morgan fingerprint density at radius 3 is 2.17 bits per heavy atom. The van der Waals surface area contributed by atoms with Crippen molar-refractivity contribution in [2.24, 2.45) is 11.1 Å². The first-order valence-electron chi connectivity index (χ1n) is 6.21. The molecule has 0 aliphatic carbocycles. The highest BCUT2D eigenvalue weighted by Crippen LogP contribution is 2.20. The lowest BCUT2D eigenvalue weighted by atomic mass is 9.94. The predicted molar refractivity (Wildman–Crippen MR) is 77.1 cm³/mol. The second-order valence-corrected chi connectivity index (χ2v) is 7.63. The molecule has 1 saturated heterocycles. The number of hydrogen-bond acceptors (Lipinski definition) is 3. The van der Waals surface area contributed by atoms with E-state index < -0.39 is 10.2 Å². The van der Waals surface area contributed by atoms with Crippen molar-refractivity contribution in [1.29, 1.82) is 0 Å². The van der Waals surface area contributed by atoms with Crippen LogP contribution in [0.1, 0.15) is 33.1 Å². The van der Waals surface area contributed by atoms with E-state index in [0.29, 0.717) is 26.2 Å². The van der Waals surface area contributed by atoms with E-state index in [4.69, 9.17) is 5.73 Å². The molecular formula is C11H26ClN3O2S. The lowest BCUT2D eigenvalue weighted by Gasteiger charge is -2.34. The van der Waals surface area contributed by atoms with Crippen molar-refractivity contribution in [2.75, 3.05) is 33.2 Å². The number of hydrogen-bond donors (Lipinski definition) is 1. The van der Waals surface area contributed by atoms with Crippen molar-refractivity contribution in [3.05, 3.63) is 0 Å². The van der Waals surface area contributed by atoms with Crippen molar-refractivity contribution >= 4 is 22.6 Å². The van der Waals surface area contributed by atoms with Gasteiger partial charge in [0, 0.05) is 26.7 Å². The Bertz CT molecular complexity index is 340. The summed E-state index contributed by atoms with van der Waals surface area (Å²) >= 11 is 0. The number of rotatable bonds is 5. The molecule has 7 heteroatoms. The molecule has 0 aromatic heterocycles. The van der Waals surface area contributed by atoms with Crippen molar-refractivity contribution in [3.8, 4) is 0 Å². The molecule has 0 saturated carbocycles. The molecule has 0 unspecified atom stereocenters. The lowest BCUT2D eigenvalue weighted by Crippen LogP contribution is -2.48. The van der Waals surface area contributed by atoms with Crippen LogP contribution in [0.3, 0.4) is 0 Å². The van der Waals surface area contributed by atoms with Gasteiger partial charge in [0.25, 0.3) is 10.2 Å². The Labute approximate surface area is 117 Å². The van der Waals surface area contributed by atoms with E-state index in [-0.39, 0.29) is 17.8 Å². The Hall–Kier alpha value is 0.120. The fourth-order valence-corrected chi connectivity index (χ4v) is 3.67. The summed E-state index contributed by atoms with van der Waals surface area (Å²) in [7, 11) is -1.65. The third-order valence-electron chi connectivity index (χ3n) is 3.24. The van der Waals surface area contributed by atoms with Crippen molar-refractivity contribution < 1.29 is 8.42 Å². The molecule has 0 atom stereocenters. The van der Waals surface area contributed by atoms with Gasteiger partial charge in [-0.3, -0.25) is 0 Å².